The lowest BCUT2D eigenvalue weighted by atomic mass is 9.62. The van der Waals surface area contributed by atoms with Gasteiger partial charge in [-0.1, -0.05) is 158 Å². The molecule has 11 rings (SSSR count). The Morgan fingerprint density at radius 1 is 0.453 bits per heavy atom. The molecule has 1 aliphatic rings. The highest BCUT2D eigenvalue weighted by Gasteiger charge is 2.46. The van der Waals surface area contributed by atoms with Gasteiger partial charge >= 0.3 is 0 Å². The fourth-order valence-electron chi connectivity index (χ4n) is 8.90. The van der Waals surface area contributed by atoms with Crippen molar-refractivity contribution in [2.45, 2.75) is 5.41 Å². The van der Waals surface area contributed by atoms with Crippen LogP contribution in [0.3, 0.4) is 0 Å². The molecule has 10 aromatic rings. The number of fused-ring (bicyclic) bond motifs is 9. The average molecular weight is 677 g/mol. The second-order valence-corrected chi connectivity index (χ2v) is 13.8. The summed E-state index contributed by atoms with van der Waals surface area (Å²) in [5.41, 5.74) is 10.3. The summed E-state index contributed by atoms with van der Waals surface area (Å²) in [6.07, 6.45) is 0. The van der Waals surface area contributed by atoms with Crippen LogP contribution in [0, 0.1) is 0 Å². The monoisotopic (exact) mass is 676 g/mol. The number of nitrogens with zero attached hydrogens (tertiary/aromatic N) is 2. The number of pyridine rings is 1. The van der Waals surface area contributed by atoms with Crippen molar-refractivity contribution in [3.8, 4) is 11.3 Å². The number of aromatic nitrogens is 1. The summed E-state index contributed by atoms with van der Waals surface area (Å²) >= 11 is 0. The number of rotatable bonds is 4. The number of hydrogen-bond acceptors (Lipinski definition) is 3. The van der Waals surface area contributed by atoms with Gasteiger partial charge in [0.25, 0.3) is 0 Å². The molecule has 1 aliphatic heterocycles. The number of para-hydroxylation sites is 2. The van der Waals surface area contributed by atoms with E-state index in [2.05, 4.69) is 199 Å². The largest absolute Gasteiger partial charge is 0.455 e. The number of furan rings is 1. The SMILES string of the molecule is c1ccc(-c2nc(N3c4ccccc4C(c4ccccc4)(c4ccccc4)c4ccccc43)cc3c2ccc2oc4c5ccccc5ccc4c23)cc1. The summed E-state index contributed by atoms with van der Waals surface area (Å²) in [6.45, 7) is 0. The summed E-state index contributed by atoms with van der Waals surface area (Å²) in [6, 6.07) is 69.6. The molecule has 3 nitrogen and oxygen atoms in total. The van der Waals surface area contributed by atoms with E-state index in [1.165, 1.54) is 22.3 Å². The highest BCUT2D eigenvalue weighted by atomic mass is 16.3. The van der Waals surface area contributed by atoms with E-state index in [9.17, 15) is 0 Å². The third-order valence-corrected chi connectivity index (χ3v) is 11.1. The Labute approximate surface area is 307 Å². The summed E-state index contributed by atoms with van der Waals surface area (Å²) in [5, 5.41) is 6.68. The Hall–Kier alpha value is -6.97. The molecule has 0 N–H and O–H groups in total. The highest BCUT2D eigenvalue weighted by Crippen LogP contribution is 2.57. The minimum absolute atomic E-state index is 0.555. The predicted octanol–water partition coefficient (Wildman–Crippen LogP) is 13.1. The van der Waals surface area contributed by atoms with Crippen LogP contribution in [-0.4, -0.2) is 4.98 Å². The van der Waals surface area contributed by atoms with Gasteiger partial charge in [-0.25, -0.2) is 4.98 Å². The minimum Gasteiger partial charge on any atom is -0.455 e. The van der Waals surface area contributed by atoms with E-state index < -0.39 is 5.41 Å². The lowest BCUT2D eigenvalue weighted by Gasteiger charge is -2.46. The van der Waals surface area contributed by atoms with Gasteiger partial charge in [0, 0.05) is 27.1 Å². The third-order valence-electron chi connectivity index (χ3n) is 11.1. The Balaban J connectivity index is 1.26. The molecule has 2 aromatic heterocycles. The van der Waals surface area contributed by atoms with Crippen LogP contribution >= 0.6 is 0 Å². The van der Waals surface area contributed by atoms with E-state index in [-0.39, 0.29) is 0 Å². The molecule has 0 saturated heterocycles. The van der Waals surface area contributed by atoms with Crippen molar-refractivity contribution in [1.82, 2.24) is 4.98 Å². The molecule has 0 bridgehead atoms. The van der Waals surface area contributed by atoms with Crippen LogP contribution in [-0.2, 0) is 5.41 Å². The molecule has 3 heteroatoms. The molecule has 8 aromatic carbocycles. The molecule has 0 fully saturated rings. The van der Waals surface area contributed by atoms with Gasteiger partial charge in [-0.15, -0.1) is 0 Å². The molecule has 0 unspecified atom stereocenters. The smallest absolute Gasteiger partial charge is 0.143 e. The molecule has 0 saturated carbocycles. The van der Waals surface area contributed by atoms with Gasteiger partial charge in [0.15, 0.2) is 0 Å². The van der Waals surface area contributed by atoms with Gasteiger partial charge in [0.1, 0.15) is 17.0 Å². The first kappa shape index (κ1) is 29.7. The van der Waals surface area contributed by atoms with E-state index >= 15 is 0 Å². The summed E-state index contributed by atoms with van der Waals surface area (Å²) in [5.74, 6) is 0.855. The van der Waals surface area contributed by atoms with Gasteiger partial charge in [0.05, 0.1) is 22.5 Å². The highest BCUT2D eigenvalue weighted by molar-refractivity contribution is 6.24. The molecular formula is C50H32N2O. The Kier molecular flexibility index (Phi) is 6.47. The quantitative estimate of drug-likeness (QED) is 0.186. The normalized spacial score (nSPS) is 13.4. The summed E-state index contributed by atoms with van der Waals surface area (Å²) < 4.78 is 6.71. The first-order valence-electron chi connectivity index (χ1n) is 18.1. The lowest BCUT2D eigenvalue weighted by molar-refractivity contribution is 0.673. The summed E-state index contributed by atoms with van der Waals surface area (Å²) in [4.78, 5) is 7.97. The van der Waals surface area contributed by atoms with Crippen molar-refractivity contribution >= 4 is 60.7 Å². The molecule has 0 spiro atoms. The van der Waals surface area contributed by atoms with Gasteiger partial charge in [-0.3, -0.25) is 4.90 Å². The molecule has 0 radical (unpaired) electrons. The van der Waals surface area contributed by atoms with E-state index in [0.717, 1.165) is 71.9 Å². The van der Waals surface area contributed by atoms with Crippen molar-refractivity contribution in [1.29, 1.82) is 0 Å². The van der Waals surface area contributed by atoms with Crippen molar-refractivity contribution in [3.63, 3.8) is 0 Å². The van der Waals surface area contributed by atoms with Crippen LogP contribution in [0.5, 0.6) is 0 Å². The van der Waals surface area contributed by atoms with Crippen molar-refractivity contribution in [3.05, 3.63) is 216 Å². The van der Waals surface area contributed by atoms with Gasteiger partial charge < -0.3 is 4.42 Å². The van der Waals surface area contributed by atoms with Crippen LogP contribution < -0.4 is 4.90 Å². The van der Waals surface area contributed by atoms with E-state index in [4.69, 9.17) is 9.40 Å². The topological polar surface area (TPSA) is 29.3 Å². The molecule has 248 valence electrons. The van der Waals surface area contributed by atoms with Crippen LogP contribution in [0.4, 0.5) is 17.2 Å². The number of anilines is 3. The van der Waals surface area contributed by atoms with E-state index in [1.54, 1.807) is 0 Å². The van der Waals surface area contributed by atoms with E-state index in [0.29, 0.717) is 0 Å². The van der Waals surface area contributed by atoms with Crippen molar-refractivity contribution in [2.24, 2.45) is 0 Å². The van der Waals surface area contributed by atoms with Crippen molar-refractivity contribution in [2.75, 3.05) is 4.90 Å². The lowest BCUT2D eigenvalue weighted by Crippen LogP contribution is -2.37. The average Bonchev–Trinajstić information content (AvgIpc) is 3.63. The maximum Gasteiger partial charge on any atom is 0.143 e. The van der Waals surface area contributed by atoms with Crippen LogP contribution in [0.1, 0.15) is 22.3 Å². The zero-order valence-corrected chi connectivity index (χ0v) is 28.8. The number of benzene rings is 8. The van der Waals surface area contributed by atoms with Gasteiger partial charge in [-0.05, 0) is 69.4 Å². The Morgan fingerprint density at radius 2 is 1.02 bits per heavy atom. The zero-order chi connectivity index (χ0) is 34.9. The standard InChI is InChI=1S/C50H32N2O/c1-4-17-34(18-5-1)48-38-30-31-45-47(39-29-28-33-16-10-11-23-37(33)49(39)53-45)40(38)32-46(51-48)52-43-26-14-12-24-41(43)50(35-19-6-2-7-20-35,36-21-8-3-9-22-36)42-25-13-15-27-44(42)52/h1-32H. The van der Waals surface area contributed by atoms with Gasteiger partial charge in [-0.2, -0.15) is 0 Å². The van der Waals surface area contributed by atoms with Crippen molar-refractivity contribution < 1.29 is 4.42 Å². The molecule has 0 amide bonds. The molecule has 0 aliphatic carbocycles. The Morgan fingerprint density at radius 3 is 1.70 bits per heavy atom. The second-order valence-electron chi connectivity index (χ2n) is 13.8. The maximum absolute atomic E-state index is 6.71. The minimum atomic E-state index is -0.555. The third kappa shape index (κ3) is 4.25. The van der Waals surface area contributed by atoms with Crippen LogP contribution in [0.2, 0.25) is 0 Å². The molecule has 0 atom stereocenters. The van der Waals surface area contributed by atoms with Gasteiger partial charge in [0.2, 0.25) is 0 Å². The van der Waals surface area contributed by atoms with E-state index in [1.807, 2.05) is 0 Å². The maximum atomic E-state index is 6.71. The van der Waals surface area contributed by atoms with Crippen LogP contribution in [0.15, 0.2) is 199 Å². The molecular weight excluding hydrogens is 645 g/mol. The fourth-order valence-corrected chi connectivity index (χ4v) is 8.90. The summed E-state index contributed by atoms with van der Waals surface area (Å²) in [7, 11) is 0. The predicted molar refractivity (Wildman–Crippen MR) is 219 cm³/mol. The second kappa shape index (κ2) is 11.5. The first-order valence-corrected chi connectivity index (χ1v) is 18.1. The number of hydrogen-bond donors (Lipinski definition) is 0. The Bertz CT molecular complexity index is 2910. The molecule has 3 heterocycles. The molecule has 53 heavy (non-hydrogen) atoms. The zero-order valence-electron chi connectivity index (χ0n) is 28.8. The van der Waals surface area contributed by atoms with Crippen LogP contribution in [0.25, 0.3) is 54.7 Å². The first-order chi connectivity index (χ1) is 26.3. The fraction of sp³-hybridized carbons (Fsp3) is 0.0200.